The largest absolute Gasteiger partial charge is 0.384 e. The van der Waals surface area contributed by atoms with E-state index in [-0.39, 0.29) is 4.83 Å². The molecule has 2 aromatic rings. The van der Waals surface area contributed by atoms with Gasteiger partial charge in [-0.1, -0.05) is 74.3 Å². The maximum absolute atomic E-state index is 5.11. The lowest BCUT2D eigenvalue weighted by atomic mass is 10.0. The molecule has 0 spiro atoms. The highest BCUT2D eigenvalue weighted by atomic mass is 79.9. The van der Waals surface area contributed by atoms with Crippen molar-refractivity contribution in [2.75, 3.05) is 13.7 Å². The highest BCUT2D eigenvalue weighted by Gasteiger charge is 2.14. The van der Waals surface area contributed by atoms with E-state index in [1.54, 1.807) is 7.11 Å². The molecule has 1 unspecified atom stereocenters. The Bertz CT molecular complexity index is 564. The molecular weight excluding hydrogens is 380 g/mol. The number of ether oxygens (including phenoxy) is 1. The van der Waals surface area contributed by atoms with Crippen LogP contribution in [-0.4, -0.2) is 13.7 Å². The second kappa shape index (κ2) is 7.39. The van der Waals surface area contributed by atoms with Gasteiger partial charge in [0.05, 0.1) is 11.4 Å². The zero-order chi connectivity index (χ0) is 14.5. The van der Waals surface area contributed by atoms with Gasteiger partial charge < -0.3 is 4.74 Å². The molecular formula is C17H18Br2O. The first kappa shape index (κ1) is 15.7. The van der Waals surface area contributed by atoms with Gasteiger partial charge in [-0.2, -0.15) is 0 Å². The number of benzene rings is 2. The highest BCUT2D eigenvalue weighted by molar-refractivity contribution is 9.11. The van der Waals surface area contributed by atoms with E-state index in [1.807, 2.05) is 0 Å². The number of methoxy groups -OCH3 is 1. The van der Waals surface area contributed by atoms with Crippen molar-refractivity contribution in [3.05, 3.63) is 69.2 Å². The average Bonchev–Trinajstić information content (AvgIpc) is 2.48. The fourth-order valence-corrected chi connectivity index (χ4v) is 3.61. The summed E-state index contributed by atoms with van der Waals surface area (Å²) in [7, 11) is 1.73. The fraction of sp³-hybridized carbons (Fsp3) is 0.294. The Labute approximate surface area is 137 Å². The first-order valence-electron chi connectivity index (χ1n) is 6.60. The Morgan fingerprint density at radius 2 is 1.80 bits per heavy atom. The van der Waals surface area contributed by atoms with E-state index in [1.165, 1.54) is 26.7 Å². The molecule has 0 amide bonds. The molecule has 0 saturated heterocycles. The van der Waals surface area contributed by atoms with Gasteiger partial charge in [0, 0.05) is 11.6 Å². The second-order valence-electron chi connectivity index (χ2n) is 4.83. The molecule has 3 heteroatoms. The lowest BCUT2D eigenvalue weighted by molar-refractivity contribution is 0.202. The molecule has 0 aliphatic rings. The fourth-order valence-electron chi connectivity index (χ4n) is 2.12. The van der Waals surface area contributed by atoms with E-state index in [4.69, 9.17) is 4.74 Å². The topological polar surface area (TPSA) is 9.23 Å². The zero-order valence-corrected chi connectivity index (χ0v) is 14.9. The summed E-state index contributed by atoms with van der Waals surface area (Å²) in [4.78, 5) is 0.202. The number of rotatable bonds is 5. The van der Waals surface area contributed by atoms with Crippen molar-refractivity contribution < 1.29 is 4.74 Å². The molecule has 0 heterocycles. The van der Waals surface area contributed by atoms with Crippen molar-refractivity contribution in [1.29, 1.82) is 0 Å². The minimum atomic E-state index is 0.202. The van der Waals surface area contributed by atoms with E-state index < -0.39 is 0 Å². The number of aryl methyl sites for hydroxylation is 1. The van der Waals surface area contributed by atoms with Crippen LogP contribution in [0.1, 0.15) is 27.1 Å². The van der Waals surface area contributed by atoms with Gasteiger partial charge in [0.2, 0.25) is 0 Å². The van der Waals surface area contributed by atoms with Crippen LogP contribution >= 0.6 is 31.9 Å². The average molecular weight is 398 g/mol. The van der Waals surface area contributed by atoms with Crippen molar-refractivity contribution >= 4 is 31.9 Å². The standard InChI is InChI=1S/C17H18Br2O/c1-12-4-3-5-15(16(12)18)17(19)14-8-6-13(7-9-14)10-11-20-2/h3-9,17H,10-11H2,1-2H3. The normalized spacial score (nSPS) is 12.4. The highest BCUT2D eigenvalue weighted by Crippen LogP contribution is 2.36. The molecule has 0 N–H and O–H groups in total. The van der Waals surface area contributed by atoms with E-state index in [9.17, 15) is 0 Å². The summed E-state index contributed by atoms with van der Waals surface area (Å²) in [5, 5.41) is 0. The molecule has 0 aliphatic carbocycles. The second-order valence-corrected chi connectivity index (χ2v) is 6.53. The summed E-state index contributed by atoms with van der Waals surface area (Å²) < 4.78 is 6.28. The summed E-state index contributed by atoms with van der Waals surface area (Å²) in [5.74, 6) is 0. The van der Waals surface area contributed by atoms with Crippen LogP contribution in [0, 0.1) is 6.92 Å². The van der Waals surface area contributed by atoms with E-state index in [0.29, 0.717) is 0 Å². The predicted molar refractivity (Wildman–Crippen MR) is 91.7 cm³/mol. The van der Waals surface area contributed by atoms with Crippen LogP contribution in [0.3, 0.4) is 0 Å². The summed E-state index contributed by atoms with van der Waals surface area (Å²) in [6.45, 7) is 2.88. The Morgan fingerprint density at radius 3 is 2.45 bits per heavy atom. The van der Waals surface area contributed by atoms with Gasteiger partial charge in [-0.15, -0.1) is 0 Å². The third-order valence-electron chi connectivity index (χ3n) is 3.36. The molecule has 0 saturated carbocycles. The van der Waals surface area contributed by atoms with Crippen LogP contribution in [0.5, 0.6) is 0 Å². The Kier molecular flexibility index (Phi) is 5.82. The Morgan fingerprint density at radius 1 is 1.10 bits per heavy atom. The van der Waals surface area contributed by atoms with Crippen molar-refractivity contribution in [3.8, 4) is 0 Å². The lowest BCUT2D eigenvalue weighted by Crippen LogP contribution is -1.97. The van der Waals surface area contributed by atoms with Gasteiger partial charge in [0.1, 0.15) is 0 Å². The van der Waals surface area contributed by atoms with Gasteiger partial charge in [-0.3, -0.25) is 0 Å². The minimum absolute atomic E-state index is 0.202. The van der Waals surface area contributed by atoms with Gasteiger partial charge >= 0.3 is 0 Å². The molecule has 0 radical (unpaired) electrons. The van der Waals surface area contributed by atoms with E-state index in [0.717, 1.165) is 13.0 Å². The number of hydrogen-bond donors (Lipinski definition) is 0. The van der Waals surface area contributed by atoms with E-state index in [2.05, 4.69) is 81.2 Å². The predicted octanol–water partition coefficient (Wildman–Crippen LogP) is 5.43. The van der Waals surface area contributed by atoms with Gasteiger partial charge in [0.15, 0.2) is 0 Å². The minimum Gasteiger partial charge on any atom is -0.384 e. The SMILES string of the molecule is COCCc1ccc(C(Br)c2cccc(C)c2Br)cc1. The number of hydrogen-bond acceptors (Lipinski definition) is 1. The first-order chi connectivity index (χ1) is 9.63. The molecule has 2 rings (SSSR count). The van der Waals surface area contributed by atoms with Gasteiger partial charge in [-0.25, -0.2) is 0 Å². The van der Waals surface area contributed by atoms with Crippen molar-refractivity contribution in [3.63, 3.8) is 0 Å². The van der Waals surface area contributed by atoms with Gasteiger partial charge in [0.25, 0.3) is 0 Å². The van der Waals surface area contributed by atoms with Crippen LogP contribution in [0.2, 0.25) is 0 Å². The van der Waals surface area contributed by atoms with Crippen molar-refractivity contribution in [2.24, 2.45) is 0 Å². The first-order valence-corrected chi connectivity index (χ1v) is 8.31. The molecule has 106 valence electrons. The quantitative estimate of drug-likeness (QED) is 0.611. The zero-order valence-electron chi connectivity index (χ0n) is 11.7. The van der Waals surface area contributed by atoms with Crippen molar-refractivity contribution in [1.82, 2.24) is 0 Å². The monoisotopic (exact) mass is 396 g/mol. The molecule has 1 nitrogen and oxygen atoms in total. The maximum atomic E-state index is 5.11. The van der Waals surface area contributed by atoms with Crippen LogP contribution in [-0.2, 0) is 11.2 Å². The summed E-state index contributed by atoms with van der Waals surface area (Å²) in [6, 6.07) is 15.1. The molecule has 0 aromatic heterocycles. The lowest BCUT2D eigenvalue weighted by Gasteiger charge is -2.14. The summed E-state index contributed by atoms with van der Waals surface area (Å²) in [5.41, 5.74) is 5.08. The molecule has 2 aromatic carbocycles. The van der Waals surface area contributed by atoms with Crippen LogP contribution in [0.25, 0.3) is 0 Å². The molecule has 0 bridgehead atoms. The van der Waals surface area contributed by atoms with Crippen LogP contribution in [0.4, 0.5) is 0 Å². The molecule has 20 heavy (non-hydrogen) atoms. The van der Waals surface area contributed by atoms with E-state index >= 15 is 0 Å². The van der Waals surface area contributed by atoms with Crippen LogP contribution < -0.4 is 0 Å². The van der Waals surface area contributed by atoms with Gasteiger partial charge in [-0.05, 0) is 35.6 Å². The maximum Gasteiger partial charge on any atom is 0.0655 e. The summed E-state index contributed by atoms with van der Waals surface area (Å²) >= 11 is 7.48. The third kappa shape index (κ3) is 3.72. The van der Waals surface area contributed by atoms with Crippen LogP contribution in [0.15, 0.2) is 46.9 Å². The Balaban J connectivity index is 2.20. The molecule has 1 atom stereocenters. The molecule has 0 aliphatic heterocycles. The third-order valence-corrected chi connectivity index (χ3v) is 5.47. The Hall–Kier alpha value is -0.640. The smallest absolute Gasteiger partial charge is 0.0655 e. The number of alkyl halides is 1. The molecule has 0 fully saturated rings. The summed E-state index contributed by atoms with van der Waals surface area (Å²) in [6.07, 6.45) is 0.956. The van der Waals surface area contributed by atoms with Crippen molar-refractivity contribution in [2.45, 2.75) is 18.2 Å². The number of halogens is 2.